The van der Waals surface area contributed by atoms with Gasteiger partial charge in [0, 0.05) is 7.11 Å². The molecule has 1 atom stereocenters. The molecular formula is C7H13NO. The Morgan fingerprint density at radius 2 is 2.44 bits per heavy atom. The Bertz CT molecular complexity index is 89.6. The van der Waals surface area contributed by atoms with E-state index in [1.807, 2.05) is 6.92 Å². The molecule has 0 aliphatic rings. The Morgan fingerprint density at radius 3 is 2.78 bits per heavy atom. The summed E-state index contributed by atoms with van der Waals surface area (Å²) >= 11 is 0. The molecular weight excluding hydrogens is 114 g/mol. The average molecular weight is 127 g/mol. The van der Waals surface area contributed by atoms with E-state index in [1.165, 1.54) is 0 Å². The zero-order valence-electron chi connectivity index (χ0n) is 5.98. The Morgan fingerprint density at radius 1 is 1.78 bits per heavy atom. The molecule has 0 radical (unpaired) electrons. The van der Waals surface area contributed by atoms with E-state index in [9.17, 15) is 0 Å². The molecule has 1 N–H and O–H groups in total. The maximum absolute atomic E-state index is 5.15. The minimum atomic E-state index is 0.0694. The molecule has 0 saturated carbocycles. The summed E-state index contributed by atoms with van der Waals surface area (Å²) in [7, 11) is 1.64. The summed E-state index contributed by atoms with van der Waals surface area (Å²) in [5, 5.41) is 3.07. The Kier molecular flexibility index (Phi) is 5.29. The van der Waals surface area contributed by atoms with Gasteiger partial charge in [-0.3, -0.25) is 0 Å². The van der Waals surface area contributed by atoms with E-state index in [2.05, 4.69) is 11.2 Å². The van der Waals surface area contributed by atoms with Crippen LogP contribution in [0.5, 0.6) is 0 Å². The maximum atomic E-state index is 5.15. The van der Waals surface area contributed by atoms with Crippen molar-refractivity contribution >= 4 is 0 Å². The first-order valence-electron chi connectivity index (χ1n) is 3.03. The van der Waals surface area contributed by atoms with Gasteiger partial charge in [-0.25, -0.2) is 0 Å². The quantitative estimate of drug-likeness (QED) is 0.546. The second-order valence-electron chi connectivity index (χ2n) is 1.73. The lowest BCUT2D eigenvalue weighted by molar-refractivity contribution is 0.184. The molecule has 9 heavy (non-hydrogen) atoms. The van der Waals surface area contributed by atoms with E-state index in [4.69, 9.17) is 11.2 Å². The lowest BCUT2D eigenvalue weighted by atomic mass is 10.3. The third-order valence-electron chi connectivity index (χ3n) is 0.985. The molecule has 0 aliphatic carbocycles. The second kappa shape index (κ2) is 5.61. The normalized spacial score (nSPS) is 12.6. The fourth-order valence-electron chi connectivity index (χ4n) is 0.579. The SMILES string of the molecule is C#CC(COC)NCC. The molecule has 0 rings (SSSR count). The Balaban J connectivity index is 3.32. The molecule has 0 aromatic heterocycles. The topological polar surface area (TPSA) is 21.3 Å². The van der Waals surface area contributed by atoms with Gasteiger partial charge in [-0.1, -0.05) is 12.8 Å². The van der Waals surface area contributed by atoms with Crippen molar-refractivity contribution in [3.8, 4) is 12.3 Å². The number of likely N-dealkylation sites (N-methyl/N-ethyl adjacent to an activating group) is 1. The minimum Gasteiger partial charge on any atom is -0.382 e. The molecule has 0 heterocycles. The van der Waals surface area contributed by atoms with Crippen LogP contribution in [0.4, 0.5) is 0 Å². The summed E-state index contributed by atoms with van der Waals surface area (Å²) in [5.41, 5.74) is 0. The van der Waals surface area contributed by atoms with Crippen molar-refractivity contribution in [3.05, 3.63) is 0 Å². The highest BCUT2D eigenvalue weighted by atomic mass is 16.5. The molecule has 2 nitrogen and oxygen atoms in total. The van der Waals surface area contributed by atoms with Crippen LogP contribution in [0.1, 0.15) is 6.92 Å². The van der Waals surface area contributed by atoms with E-state index in [0.29, 0.717) is 6.61 Å². The predicted octanol–water partition coefficient (Wildman–Crippen LogP) is 0.244. The number of hydrogen-bond donors (Lipinski definition) is 1. The fraction of sp³-hybridized carbons (Fsp3) is 0.714. The number of nitrogens with one attached hydrogen (secondary N) is 1. The monoisotopic (exact) mass is 127 g/mol. The molecule has 0 saturated heterocycles. The van der Waals surface area contributed by atoms with Crippen molar-refractivity contribution in [1.29, 1.82) is 0 Å². The van der Waals surface area contributed by atoms with Gasteiger partial charge in [0.05, 0.1) is 12.6 Å². The van der Waals surface area contributed by atoms with Crippen LogP contribution in [0.3, 0.4) is 0 Å². The third kappa shape index (κ3) is 4.01. The molecule has 0 aromatic carbocycles. The van der Waals surface area contributed by atoms with Crippen molar-refractivity contribution in [2.24, 2.45) is 0 Å². The summed E-state index contributed by atoms with van der Waals surface area (Å²) < 4.78 is 4.84. The molecule has 0 aliphatic heterocycles. The lowest BCUT2D eigenvalue weighted by Gasteiger charge is -2.08. The third-order valence-corrected chi connectivity index (χ3v) is 0.985. The van der Waals surface area contributed by atoms with Crippen LogP contribution in [0.2, 0.25) is 0 Å². The van der Waals surface area contributed by atoms with E-state index >= 15 is 0 Å². The van der Waals surface area contributed by atoms with Crippen molar-refractivity contribution in [2.75, 3.05) is 20.3 Å². The highest BCUT2D eigenvalue weighted by Gasteiger charge is 1.98. The lowest BCUT2D eigenvalue weighted by Crippen LogP contribution is -2.31. The summed E-state index contributed by atoms with van der Waals surface area (Å²) in [5.74, 6) is 2.57. The van der Waals surface area contributed by atoms with Gasteiger partial charge in [0.2, 0.25) is 0 Å². The summed E-state index contributed by atoms with van der Waals surface area (Å²) in [6.07, 6.45) is 5.15. The largest absolute Gasteiger partial charge is 0.382 e. The molecule has 1 unspecified atom stereocenters. The van der Waals surface area contributed by atoms with Crippen LogP contribution in [-0.2, 0) is 4.74 Å². The van der Waals surface area contributed by atoms with Gasteiger partial charge in [-0.2, -0.15) is 0 Å². The highest BCUT2D eigenvalue weighted by molar-refractivity contribution is 4.98. The molecule has 2 heteroatoms. The minimum absolute atomic E-state index is 0.0694. The van der Waals surface area contributed by atoms with E-state index in [0.717, 1.165) is 6.54 Å². The molecule has 0 amide bonds. The first-order valence-corrected chi connectivity index (χ1v) is 3.03. The van der Waals surface area contributed by atoms with E-state index < -0.39 is 0 Å². The predicted molar refractivity (Wildman–Crippen MR) is 38.2 cm³/mol. The Hall–Kier alpha value is -0.520. The summed E-state index contributed by atoms with van der Waals surface area (Å²) in [4.78, 5) is 0. The molecule has 0 fully saturated rings. The highest BCUT2D eigenvalue weighted by Crippen LogP contribution is 1.79. The van der Waals surface area contributed by atoms with Gasteiger partial charge in [0.15, 0.2) is 0 Å². The van der Waals surface area contributed by atoms with E-state index in [1.54, 1.807) is 7.11 Å². The van der Waals surface area contributed by atoms with E-state index in [-0.39, 0.29) is 6.04 Å². The number of rotatable bonds is 4. The zero-order valence-corrected chi connectivity index (χ0v) is 5.98. The summed E-state index contributed by atoms with van der Waals surface area (Å²) in [6.45, 7) is 3.49. The number of methoxy groups -OCH3 is 1. The van der Waals surface area contributed by atoms with Crippen LogP contribution in [0.15, 0.2) is 0 Å². The first-order chi connectivity index (χ1) is 4.35. The average Bonchev–Trinajstić information content (AvgIpc) is 1.88. The van der Waals surface area contributed by atoms with Gasteiger partial charge < -0.3 is 10.1 Å². The van der Waals surface area contributed by atoms with Gasteiger partial charge in [0.25, 0.3) is 0 Å². The van der Waals surface area contributed by atoms with Crippen molar-refractivity contribution in [2.45, 2.75) is 13.0 Å². The summed E-state index contributed by atoms with van der Waals surface area (Å²) in [6, 6.07) is 0.0694. The maximum Gasteiger partial charge on any atom is 0.0923 e. The van der Waals surface area contributed by atoms with Crippen LogP contribution in [0.25, 0.3) is 0 Å². The zero-order chi connectivity index (χ0) is 7.11. The molecule has 0 spiro atoms. The Labute approximate surface area is 56.6 Å². The molecule has 0 bridgehead atoms. The van der Waals surface area contributed by atoms with Crippen molar-refractivity contribution in [3.63, 3.8) is 0 Å². The van der Waals surface area contributed by atoms with Gasteiger partial charge in [-0.05, 0) is 6.54 Å². The van der Waals surface area contributed by atoms with Crippen molar-refractivity contribution in [1.82, 2.24) is 5.32 Å². The molecule has 52 valence electrons. The number of terminal acetylenes is 1. The standard InChI is InChI=1S/C7H13NO/c1-4-7(6-9-3)8-5-2/h1,7-8H,5-6H2,2-3H3. The smallest absolute Gasteiger partial charge is 0.0923 e. The van der Waals surface area contributed by atoms with Crippen LogP contribution >= 0.6 is 0 Å². The number of ether oxygens (including phenoxy) is 1. The molecule has 0 aromatic rings. The van der Waals surface area contributed by atoms with Crippen LogP contribution in [0, 0.1) is 12.3 Å². The van der Waals surface area contributed by atoms with Gasteiger partial charge in [0.1, 0.15) is 0 Å². The first kappa shape index (κ1) is 8.48. The van der Waals surface area contributed by atoms with Crippen LogP contribution in [-0.4, -0.2) is 26.3 Å². The van der Waals surface area contributed by atoms with Crippen LogP contribution < -0.4 is 5.32 Å². The van der Waals surface area contributed by atoms with Gasteiger partial charge in [-0.15, -0.1) is 6.42 Å². The second-order valence-corrected chi connectivity index (χ2v) is 1.73. The fourth-order valence-corrected chi connectivity index (χ4v) is 0.579. The number of hydrogen-bond acceptors (Lipinski definition) is 2. The van der Waals surface area contributed by atoms with Crippen molar-refractivity contribution < 1.29 is 4.74 Å². The van der Waals surface area contributed by atoms with Gasteiger partial charge >= 0.3 is 0 Å².